The van der Waals surface area contributed by atoms with E-state index in [1.54, 1.807) is 0 Å². The maximum Gasteiger partial charge on any atom is 0.252 e. The van der Waals surface area contributed by atoms with Crippen LogP contribution in [0.4, 0.5) is 34.1 Å². The minimum atomic E-state index is -0.251. The molecule has 410 valence electrons. The van der Waals surface area contributed by atoms with Crippen LogP contribution < -0.4 is 26.2 Å². The van der Waals surface area contributed by atoms with Crippen LogP contribution in [0.1, 0.15) is 26.3 Å². The fourth-order valence-corrected chi connectivity index (χ4v) is 16.5. The van der Waals surface area contributed by atoms with Gasteiger partial charge in [-0.3, -0.25) is 0 Å². The number of benzene rings is 13. The Balaban J connectivity index is 1.05. The average Bonchev–Trinajstić information content (AvgIpc) is 1.19. The lowest BCUT2D eigenvalue weighted by Gasteiger charge is -2.46. The zero-order valence-electron chi connectivity index (χ0n) is 48.5. The summed E-state index contributed by atoms with van der Waals surface area (Å²) in [6.45, 7) is 6.93. The monoisotopic (exact) mass is 1140 g/mol. The Morgan fingerprint density at radius 2 is 0.621 bits per heavy atom. The summed E-state index contributed by atoms with van der Waals surface area (Å²) in [5, 5.41) is 5.21. The van der Waals surface area contributed by atoms with Crippen LogP contribution >= 0.6 is 22.7 Å². The molecule has 2 nitrogen and oxygen atoms in total. The van der Waals surface area contributed by atoms with Crippen LogP contribution in [0, 0.1) is 0 Å². The molecule has 0 atom stereocenters. The maximum atomic E-state index is 2.68. The van der Waals surface area contributed by atoms with Gasteiger partial charge in [0.05, 0.1) is 11.4 Å². The molecule has 5 heteroatoms. The first-order valence-electron chi connectivity index (χ1n) is 30.2. The highest BCUT2D eigenvalue weighted by atomic mass is 32.1. The highest BCUT2D eigenvalue weighted by Crippen LogP contribution is 2.54. The molecular formula is C82H57BN2S2. The first-order chi connectivity index (χ1) is 42.8. The van der Waals surface area contributed by atoms with Crippen molar-refractivity contribution in [2.75, 3.05) is 9.80 Å². The van der Waals surface area contributed by atoms with Crippen LogP contribution in [0.5, 0.6) is 0 Å². The third-order valence-electron chi connectivity index (χ3n) is 18.2. The smallest absolute Gasteiger partial charge is 0.252 e. The molecule has 87 heavy (non-hydrogen) atoms. The van der Waals surface area contributed by atoms with E-state index in [9.17, 15) is 0 Å². The molecule has 0 radical (unpaired) electrons. The van der Waals surface area contributed by atoms with Crippen molar-refractivity contribution in [3.63, 3.8) is 0 Å². The first-order valence-corrected chi connectivity index (χ1v) is 31.8. The van der Waals surface area contributed by atoms with Gasteiger partial charge in [-0.25, -0.2) is 0 Å². The van der Waals surface area contributed by atoms with Crippen molar-refractivity contribution in [1.82, 2.24) is 0 Å². The number of fused-ring (bicyclic) bond motifs is 10. The summed E-state index contributed by atoms with van der Waals surface area (Å²) in [6.07, 6.45) is 0. The largest absolute Gasteiger partial charge is 0.310 e. The first kappa shape index (κ1) is 51.4. The second-order valence-electron chi connectivity index (χ2n) is 24.3. The number of hydrogen-bond acceptors (Lipinski definition) is 4. The molecule has 13 aromatic carbocycles. The maximum absolute atomic E-state index is 2.68. The molecule has 2 aliphatic rings. The molecule has 0 amide bonds. The fourth-order valence-electron chi connectivity index (χ4n) is 14.3. The molecule has 0 bridgehead atoms. The summed E-state index contributed by atoms with van der Waals surface area (Å²) >= 11 is 3.76. The van der Waals surface area contributed by atoms with Gasteiger partial charge in [0, 0.05) is 85.3 Å². The zero-order valence-corrected chi connectivity index (χ0v) is 50.1. The van der Waals surface area contributed by atoms with E-state index in [0.29, 0.717) is 0 Å². The Morgan fingerprint density at radius 1 is 0.287 bits per heavy atom. The Labute approximate surface area is 516 Å². The number of nitrogens with zero attached hydrogens (tertiary/aromatic N) is 2. The Hall–Kier alpha value is -10.0. The van der Waals surface area contributed by atoms with Gasteiger partial charge < -0.3 is 9.80 Å². The lowest BCUT2D eigenvalue weighted by atomic mass is 9.33. The van der Waals surface area contributed by atoms with Gasteiger partial charge in [-0.15, -0.1) is 22.7 Å². The van der Waals surface area contributed by atoms with Gasteiger partial charge in [-0.2, -0.15) is 0 Å². The number of para-hydroxylation sites is 2. The fraction of sp³-hybridized carbons (Fsp3) is 0.0488. The quantitative estimate of drug-likeness (QED) is 0.140. The molecule has 0 N–H and O–H groups in total. The normalized spacial score (nSPS) is 12.7. The minimum Gasteiger partial charge on any atom is -0.310 e. The van der Waals surface area contributed by atoms with Gasteiger partial charge in [0.2, 0.25) is 0 Å². The van der Waals surface area contributed by atoms with E-state index in [1.807, 2.05) is 22.7 Å². The third kappa shape index (κ3) is 8.29. The van der Waals surface area contributed by atoms with Crippen LogP contribution in [-0.2, 0) is 5.41 Å². The summed E-state index contributed by atoms with van der Waals surface area (Å²) in [5.74, 6) is 0. The molecule has 0 saturated heterocycles. The van der Waals surface area contributed by atoms with Crippen molar-refractivity contribution in [2.45, 2.75) is 26.2 Å². The van der Waals surface area contributed by atoms with Crippen molar-refractivity contribution in [3.05, 3.63) is 297 Å². The molecular weight excluding hydrogens is 1090 g/mol. The van der Waals surface area contributed by atoms with Crippen LogP contribution in [0.2, 0.25) is 0 Å². The summed E-state index contributed by atoms with van der Waals surface area (Å²) in [4.78, 5) is 5.36. The van der Waals surface area contributed by atoms with Crippen LogP contribution in [0.3, 0.4) is 0 Å². The van der Waals surface area contributed by atoms with Gasteiger partial charge in [0.25, 0.3) is 6.71 Å². The lowest BCUT2D eigenvalue weighted by molar-refractivity contribution is 0.590. The molecule has 0 spiro atoms. The van der Waals surface area contributed by atoms with Crippen molar-refractivity contribution in [1.29, 1.82) is 0 Å². The summed E-state index contributed by atoms with van der Waals surface area (Å²) in [6, 6.07) is 110. The molecule has 0 aliphatic carbocycles. The molecule has 0 fully saturated rings. The topological polar surface area (TPSA) is 6.48 Å². The predicted octanol–water partition coefficient (Wildman–Crippen LogP) is 21.8. The predicted molar refractivity (Wildman–Crippen MR) is 378 cm³/mol. The highest BCUT2D eigenvalue weighted by Gasteiger charge is 2.46. The number of hydrogen-bond donors (Lipinski definition) is 0. The third-order valence-corrected chi connectivity index (χ3v) is 20.5. The molecule has 2 aliphatic heterocycles. The zero-order chi connectivity index (χ0) is 57.9. The van der Waals surface area contributed by atoms with E-state index < -0.39 is 0 Å². The van der Waals surface area contributed by atoms with Gasteiger partial charge in [-0.05, 0) is 120 Å². The average molecular weight is 1150 g/mol. The SMILES string of the molecule is CC(C)(C)c1cc2c3c(c1)N(c1c(-c4ccccc4)cccc1-c1ccccc1)c1ccc(-c4cccc5sc6ccccc6c45)cc1B3c1cc(-c3cccc4sc5ccccc5c34)ccc1N2c1c(-c2ccccc2)cccc1-c1ccccc1. The summed E-state index contributed by atoms with van der Waals surface area (Å²) < 4.78 is 5.20. The molecule has 4 heterocycles. The van der Waals surface area contributed by atoms with E-state index >= 15 is 0 Å². The number of rotatable bonds is 8. The van der Waals surface area contributed by atoms with Gasteiger partial charge in [0.15, 0.2) is 0 Å². The molecule has 0 saturated carbocycles. The number of anilines is 6. The second-order valence-corrected chi connectivity index (χ2v) is 26.4. The molecule has 0 unspecified atom stereocenters. The van der Waals surface area contributed by atoms with Crippen LogP contribution in [0.25, 0.3) is 107 Å². The van der Waals surface area contributed by atoms with E-state index in [4.69, 9.17) is 0 Å². The second kappa shape index (κ2) is 20.3. The number of thiophene rings is 2. The molecule has 2 aromatic heterocycles. The summed E-state index contributed by atoms with van der Waals surface area (Å²) in [7, 11) is 0. The van der Waals surface area contributed by atoms with Crippen LogP contribution in [0.15, 0.2) is 291 Å². The van der Waals surface area contributed by atoms with Gasteiger partial charge in [-0.1, -0.05) is 263 Å². The summed E-state index contributed by atoms with van der Waals surface area (Å²) in [5.41, 5.74) is 26.0. The van der Waals surface area contributed by atoms with Crippen molar-refractivity contribution < 1.29 is 0 Å². The lowest BCUT2D eigenvalue weighted by Crippen LogP contribution is -2.61. The van der Waals surface area contributed by atoms with Crippen LogP contribution in [-0.4, -0.2) is 6.71 Å². The Kier molecular flexibility index (Phi) is 12.0. The van der Waals surface area contributed by atoms with Gasteiger partial charge >= 0.3 is 0 Å². The Morgan fingerprint density at radius 3 is 1.00 bits per heavy atom. The van der Waals surface area contributed by atoms with Gasteiger partial charge in [0.1, 0.15) is 0 Å². The van der Waals surface area contributed by atoms with E-state index in [-0.39, 0.29) is 12.1 Å². The Bertz CT molecular complexity index is 4780. The van der Waals surface area contributed by atoms with E-state index in [1.165, 1.54) is 152 Å². The van der Waals surface area contributed by atoms with E-state index in [0.717, 1.165) is 11.4 Å². The molecule has 17 rings (SSSR count). The van der Waals surface area contributed by atoms with Crippen molar-refractivity contribution in [3.8, 4) is 66.8 Å². The van der Waals surface area contributed by atoms with E-state index in [2.05, 4.69) is 322 Å². The van der Waals surface area contributed by atoms with Crippen molar-refractivity contribution >= 4 is 120 Å². The van der Waals surface area contributed by atoms with Crippen molar-refractivity contribution in [2.24, 2.45) is 0 Å². The molecule has 15 aromatic rings. The standard InChI is InChI=1S/C82H57BN2S2/c1-82(2,3)58-50-71-79-72(51-58)85(81-63(54-28-12-6-13-29-54)38-21-39-64(81)55-30-14-7-15-31-55)70-47-45-57(60-35-23-43-76-78(60)66-33-17-19-41-74(66)87-76)49-68(70)83(79)67-48-56(59-34-22-42-75-77(59)65-32-16-18-40-73(65)86-75)44-46-69(67)84(71)80-61(52-24-8-4-9-25-52)36-20-37-62(80)53-26-10-5-11-27-53/h4-51H,1-3H3. The minimum absolute atomic E-state index is 0.202. The highest BCUT2D eigenvalue weighted by molar-refractivity contribution is 7.26.